The predicted molar refractivity (Wildman–Crippen MR) is 105 cm³/mol. The van der Waals surface area contributed by atoms with Crippen molar-refractivity contribution in [2.24, 2.45) is 0 Å². The molecule has 0 aliphatic rings. The Bertz CT molecular complexity index is 1210. The van der Waals surface area contributed by atoms with Gasteiger partial charge in [0.2, 0.25) is 0 Å². The summed E-state index contributed by atoms with van der Waals surface area (Å²) < 4.78 is 68.1. The maximum Gasteiger partial charge on any atom is 1.00 e. The van der Waals surface area contributed by atoms with Crippen molar-refractivity contribution in [3.05, 3.63) is 69.7 Å². The van der Waals surface area contributed by atoms with Gasteiger partial charge in [-0.3, -0.25) is 4.57 Å². The minimum absolute atomic E-state index is 0. The number of carbonyl (C=O) groups excluding carboxylic acids is 1. The van der Waals surface area contributed by atoms with Crippen LogP contribution in [0.5, 0.6) is 0 Å². The van der Waals surface area contributed by atoms with Crippen LogP contribution in [0.3, 0.4) is 0 Å². The standard InChI is InChI=1S/C19H15ClF3N3O3S.Na/c1-11-7-13(9-14(20)8-11)18-24-17(19(21,22)23)10-26(18)15-3-5-16(6-4-15)30(28,29)25-12(2)27;/h3-10H,1-2H3,(H,25,27);/q;+1/p-1. The van der Waals surface area contributed by atoms with Gasteiger partial charge in [-0.05, 0) is 61.9 Å². The molecule has 0 radical (unpaired) electrons. The molecule has 1 amide bonds. The van der Waals surface area contributed by atoms with Crippen LogP contribution in [0.2, 0.25) is 5.02 Å². The summed E-state index contributed by atoms with van der Waals surface area (Å²) >= 11 is 6.04. The van der Waals surface area contributed by atoms with Crippen LogP contribution in [-0.4, -0.2) is 23.9 Å². The molecule has 6 nitrogen and oxygen atoms in total. The average molecular weight is 480 g/mol. The maximum absolute atomic E-state index is 13.3. The zero-order valence-corrected chi connectivity index (χ0v) is 20.2. The van der Waals surface area contributed by atoms with Gasteiger partial charge in [0.15, 0.2) is 5.69 Å². The number of amides is 1. The minimum Gasteiger partial charge on any atom is -0.542 e. The second kappa shape index (κ2) is 9.33. The molecule has 0 aliphatic carbocycles. The molecule has 0 bridgehead atoms. The fourth-order valence-electron chi connectivity index (χ4n) is 2.78. The summed E-state index contributed by atoms with van der Waals surface area (Å²) in [6, 6.07) is 9.67. The van der Waals surface area contributed by atoms with Crippen molar-refractivity contribution in [1.82, 2.24) is 9.55 Å². The van der Waals surface area contributed by atoms with E-state index in [2.05, 4.69) is 9.71 Å². The Morgan fingerprint density at radius 1 is 1.13 bits per heavy atom. The first-order valence-electron chi connectivity index (χ1n) is 8.40. The fourth-order valence-corrected chi connectivity index (χ4v) is 4.00. The maximum atomic E-state index is 13.3. The van der Waals surface area contributed by atoms with Gasteiger partial charge in [-0.1, -0.05) is 11.6 Å². The third kappa shape index (κ3) is 5.89. The first-order valence-corrected chi connectivity index (χ1v) is 10.2. The number of hydrogen-bond acceptors (Lipinski definition) is 4. The molecule has 0 spiro atoms. The quantitative estimate of drug-likeness (QED) is 0.537. The van der Waals surface area contributed by atoms with Crippen LogP contribution < -0.4 is 29.6 Å². The molecular formula is C19H14ClF3N3NaO3S. The molecule has 3 rings (SSSR count). The van der Waals surface area contributed by atoms with E-state index in [0.29, 0.717) is 10.6 Å². The Morgan fingerprint density at radius 2 is 1.74 bits per heavy atom. The summed E-state index contributed by atoms with van der Waals surface area (Å²) in [5.74, 6) is -0.904. The fraction of sp³-hybridized carbons (Fsp3) is 0.158. The summed E-state index contributed by atoms with van der Waals surface area (Å²) in [7, 11) is -4.20. The normalized spacial score (nSPS) is 11.7. The molecule has 1 heterocycles. The number of aromatic nitrogens is 2. The summed E-state index contributed by atoms with van der Waals surface area (Å²) in [5.41, 5.74) is 0.206. The first-order chi connectivity index (χ1) is 13.9. The smallest absolute Gasteiger partial charge is 0.542 e. The third-order valence-corrected chi connectivity index (χ3v) is 5.54. The van der Waals surface area contributed by atoms with E-state index in [-0.39, 0.29) is 46.0 Å². The number of alkyl halides is 3. The van der Waals surface area contributed by atoms with Gasteiger partial charge in [0, 0.05) is 22.5 Å². The molecule has 0 N–H and O–H groups in total. The number of carbonyl (C=O) groups is 1. The molecule has 0 saturated heterocycles. The van der Waals surface area contributed by atoms with Crippen molar-refractivity contribution < 1.29 is 55.9 Å². The van der Waals surface area contributed by atoms with Crippen LogP contribution in [0, 0.1) is 6.92 Å². The largest absolute Gasteiger partial charge is 1.00 e. The Labute approximate surface area is 203 Å². The molecular weight excluding hydrogens is 466 g/mol. The average Bonchev–Trinajstić information content (AvgIpc) is 3.05. The summed E-state index contributed by atoms with van der Waals surface area (Å²) in [5, 5.41) is 0.334. The van der Waals surface area contributed by atoms with Gasteiger partial charge in [0.1, 0.15) is 15.8 Å². The van der Waals surface area contributed by atoms with Crippen LogP contribution in [-0.2, 0) is 21.0 Å². The minimum atomic E-state index is -4.68. The van der Waals surface area contributed by atoms with E-state index in [1.165, 1.54) is 22.8 Å². The van der Waals surface area contributed by atoms with Crippen molar-refractivity contribution in [2.75, 3.05) is 0 Å². The molecule has 2 aromatic carbocycles. The van der Waals surface area contributed by atoms with Gasteiger partial charge in [-0.25, -0.2) is 13.4 Å². The molecule has 1 aromatic heterocycles. The molecule has 0 fully saturated rings. The van der Waals surface area contributed by atoms with E-state index in [1.54, 1.807) is 19.1 Å². The van der Waals surface area contributed by atoms with Crippen LogP contribution in [0.15, 0.2) is 53.6 Å². The second-order valence-corrected chi connectivity index (χ2v) is 8.45. The molecule has 158 valence electrons. The van der Waals surface area contributed by atoms with Crippen LogP contribution in [0.4, 0.5) is 13.2 Å². The molecule has 3 aromatic rings. The Kier molecular flexibility index (Phi) is 7.65. The van der Waals surface area contributed by atoms with Crippen LogP contribution in [0.1, 0.15) is 18.2 Å². The van der Waals surface area contributed by atoms with Crippen molar-refractivity contribution >= 4 is 27.5 Å². The van der Waals surface area contributed by atoms with Crippen LogP contribution in [0.25, 0.3) is 21.8 Å². The van der Waals surface area contributed by atoms with E-state index in [1.807, 2.05) is 0 Å². The van der Waals surface area contributed by atoms with Crippen molar-refractivity contribution in [1.29, 1.82) is 0 Å². The van der Waals surface area contributed by atoms with Crippen molar-refractivity contribution in [3.8, 4) is 17.1 Å². The SMILES string of the molecule is CC(=O)[N-]S(=O)(=O)c1ccc(-n2cc(C(F)(F)F)nc2-c2cc(C)cc(Cl)c2)cc1.[Na+]. The van der Waals surface area contributed by atoms with Gasteiger partial charge in [0.25, 0.3) is 0 Å². The second-order valence-electron chi connectivity index (χ2n) is 6.41. The Morgan fingerprint density at radius 3 is 2.26 bits per heavy atom. The van der Waals surface area contributed by atoms with E-state index in [9.17, 15) is 26.4 Å². The molecule has 0 saturated carbocycles. The molecule has 0 aliphatic heterocycles. The topological polar surface area (TPSA) is 83.1 Å². The summed E-state index contributed by atoms with van der Waals surface area (Å²) in [6.07, 6.45) is -3.87. The number of aryl methyl sites for hydroxylation is 1. The summed E-state index contributed by atoms with van der Waals surface area (Å²) in [4.78, 5) is 14.5. The molecule has 31 heavy (non-hydrogen) atoms. The van der Waals surface area contributed by atoms with Gasteiger partial charge in [-0.2, -0.15) is 13.2 Å². The monoisotopic (exact) mass is 479 g/mol. The third-order valence-electron chi connectivity index (χ3n) is 3.96. The number of rotatable bonds is 4. The van der Waals surface area contributed by atoms with Crippen molar-refractivity contribution in [2.45, 2.75) is 24.9 Å². The predicted octanol–water partition coefficient (Wildman–Crippen LogP) is 2.13. The number of nitrogens with zero attached hydrogens (tertiary/aromatic N) is 3. The van der Waals surface area contributed by atoms with Gasteiger partial charge >= 0.3 is 35.7 Å². The number of imidazole rings is 1. The van der Waals surface area contributed by atoms with E-state index in [0.717, 1.165) is 30.8 Å². The van der Waals surface area contributed by atoms with Crippen LogP contribution >= 0.6 is 11.6 Å². The van der Waals surface area contributed by atoms with E-state index < -0.39 is 27.8 Å². The molecule has 12 heteroatoms. The van der Waals surface area contributed by atoms with Crippen molar-refractivity contribution in [3.63, 3.8) is 0 Å². The molecule has 0 atom stereocenters. The number of halogens is 4. The number of sulfonamides is 1. The van der Waals surface area contributed by atoms with Gasteiger partial charge in [0.05, 0.1) is 10.8 Å². The van der Waals surface area contributed by atoms with Gasteiger partial charge < -0.3 is 9.52 Å². The van der Waals surface area contributed by atoms with Gasteiger partial charge in [-0.15, -0.1) is 0 Å². The molecule has 0 unspecified atom stereocenters. The number of benzene rings is 2. The Balaban J connectivity index is 0.00000341. The first kappa shape index (κ1) is 25.4. The van der Waals surface area contributed by atoms with E-state index >= 15 is 0 Å². The zero-order valence-electron chi connectivity index (χ0n) is 16.6. The number of hydrogen-bond donors (Lipinski definition) is 0. The Hall–Kier alpha value is -1.85. The van der Waals surface area contributed by atoms with E-state index in [4.69, 9.17) is 11.6 Å². The zero-order chi connectivity index (χ0) is 22.3. The summed E-state index contributed by atoms with van der Waals surface area (Å²) in [6.45, 7) is 2.74.